The van der Waals surface area contributed by atoms with Crippen molar-refractivity contribution in [3.63, 3.8) is 0 Å². The second-order valence-corrected chi connectivity index (χ2v) is 2.86. The summed E-state index contributed by atoms with van der Waals surface area (Å²) in [6.45, 7) is 0. The summed E-state index contributed by atoms with van der Waals surface area (Å²) >= 11 is 0. The first kappa shape index (κ1) is 9.11. The lowest BCUT2D eigenvalue weighted by Gasteiger charge is -2.12. The van der Waals surface area contributed by atoms with Crippen molar-refractivity contribution in [1.82, 2.24) is 0 Å². The Morgan fingerprint density at radius 2 is 2.25 bits per heavy atom. The predicted molar refractivity (Wildman–Crippen MR) is 50.9 cm³/mol. The Morgan fingerprint density at radius 1 is 1.42 bits per heavy atom. The zero-order valence-electron chi connectivity index (χ0n) is 7.32. The van der Waals surface area contributed by atoms with Crippen LogP contribution in [-0.2, 0) is 4.74 Å². The van der Waals surface area contributed by atoms with Crippen LogP contribution in [0.2, 0.25) is 0 Å². The van der Waals surface area contributed by atoms with Gasteiger partial charge >= 0.3 is 0 Å². The topological polar surface area (TPSA) is 26.3 Å². The van der Waals surface area contributed by atoms with Crippen molar-refractivity contribution in [2.75, 3.05) is 0 Å². The van der Waals surface area contributed by atoms with Crippen LogP contribution in [0.15, 0.2) is 24.3 Å². The van der Waals surface area contributed by atoms with E-state index in [0.29, 0.717) is 0 Å². The highest BCUT2D eigenvalue weighted by molar-refractivity contribution is 6.55. The number of carbonyl (C=O) groups is 1. The summed E-state index contributed by atoms with van der Waals surface area (Å²) in [6.07, 6.45) is 11.0. The Kier molecular flexibility index (Phi) is 3.65. The van der Waals surface area contributed by atoms with Crippen molar-refractivity contribution in [1.29, 1.82) is 0 Å². The molecule has 0 radical (unpaired) electrons. The van der Waals surface area contributed by atoms with Gasteiger partial charge in [-0.05, 0) is 25.3 Å². The summed E-state index contributed by atoms with van der Waals surface area (Å²) in [5.41, 5.74) is 0. The van der Waals surface area contributed by atoms with Gasteiger partial charge in [-0.25, -0.2) is 0 Å². The largest absolute Gasteiger partial charge is 0.467 e. The highest BCUT2D eigenvalue weighted by atomic mass is 16.5. The maximum Gasteiger partial charge on any atom is 0.243 e. The van der Waals surface area contributed by atoms with Crippen LogP contribution in [0.25, 0.3) is 0 Å². The van der Waals surface area contributed by atoms with E-state index in [9.17, 15) is 4.79 Å². The van der Waals surface area contributed by atoms with Gasteiger partial charge in [0.15, 0.2) is 0 Å². The Hall–Kier alpha value is -0.985. The van der Waals surface area contributed by atoms with Gasteiger partial charge in [0.25, 0.3) is 0 Å². The van der Waals surface area contributed by atoms with E-state index in [1.165, 1.54) is 7.85 Å². The lowest BCUT2D eigenvalue weighted by Crippen LogP contribution is -2.14. The van der Waals surface area contributed by atoms with Gasteiger partial charge in [0.05, 0.1) is 0 Å². The van der Waals surface area contributed by atoms with Crippen molar-refractivity contribution in [3.05, 3.63) is 24.3 Å². The van der Waals surface area contributed by atoms with Crippen LogP contribution in [-0.4, -0.2) is 19.8 Å². The molecule has 0 amide bonds. The molecule has 1 aliphatic rings. The summed E-state index contributed by atoms with van der Waals surface area (Å²) < 4.78 is 5.07. The number of rotatable bonds is 1. The van der Waals surface area contributed by atoms with Crippen LogP contribution in [0, 0.1) is 0 Å². The van der Waals surface area contributed by atoms with Crippen molar-refractivity contribution < 1.29 is 9.53 Å². The SMILES string of the molecule is BC(=O)OC1/C=C/C/C=C/CC1. The molecule has 0 bridgehead atoms. The third kappa shape index (κ3) is 3.42. The van der Waals surface area contributed by atoms with Crippen LogP contribution in [0.3, 0.4) is 0 Å². The Morgan fingerprint density at radius 3 is 3.00 bits per heavy atom. The monoisotopic (exact) mass is 164 g/mol. The molecule has 2 nitrogen and oxygen atoms in total. The molecule has 1 atom stereocenters. The average Bonchev–Trinajstić information content (AvgIpc) is 1.93. The number of ether oxygens (including phenoxy) is 1. The molecule has 0 fully saturated rings. The van der Waals surface area contributed by atoms with E-state index >= 15 is 0 Å². The van der Waals surface area contributed by atoms with Crippen molar-refractivity contribution in [2.24, 2.45) is 0 Å². The first-order chi connectivity index (χ1) is 5.79. The molecular weight excluding hydrogens is 151 g/mol. The fraction of sp³-hybridized carbons (Fsp3) is 0.444. The lowest BCUT2D eigenvalue weighted by molar-refractivity contribution is 0.141. The highest BCUT2D eigenvalue weighted by Gasteiger charge is 2.06. The summed E-state index contributed by atoms with van der Waals surface area (Å²) in [5, 5.41) is 0. The van der Waals surface area contributed by atoms with Crippen molar-refractivity contribution in [3.8, 4) is 0 Å². The standard InChI is InChI=1S/C9H13BO2/c10-9(11)12-8-6-4-2-1-3-5-7-8/h1-2,5,7-8H,3-4,6,10H2/b2-1+,7-5+. The maximum absolute atomic E-state index is 10.6. The fourth-order valence-corrected chi connectivity index (χ4v) is 1.19. The van der Waals surface area contributed by atoms with Gasteiger partial charge in [0.1, 0.15) is 6.10 Å². The molecule has 0 saturated carbocycles. The smallest absolute Gasteiger partial charge is 0.243 e. The Balaban J connectivity index is 2.42. The van der Waals surface area contributed by atoms with E-state index in [0.717, 1.165) is 19.3 Å². The lowest BCUT2D eigenvalue weighted by atomic mass is 10.1. The minimum atomic E-state index is -0.200. The van der Waals surface area contributed by atoms with Gasteiger partial charge < -0.3 is 4.74 Å². The second-order valence-electron chi connectivity index (χ2n) is 2.86. The third-order valence-electron chi connectivity index (χ3n) is 1.72. The van der Waals surface area contributed by atoms with Crippen LogP contribution in [0.4, 0.5) is 4.79 Å². The van der Waals surface area contributed by atoms with E-state index in [4.69, 9.17) is 4.74 Å². The average molecular weight is 164 g/mol. The molecule has 64 valence electrons. The second kappa shape index (κ2) is 4.80. The van der Waals surface area contributed by atoms with Crippen molar-refractivity contribution in [2.45, 2.75) is 25.4 Å². The molecule has 0 aliphatic heterocycles. The number of hydrogen-bond acceptors (Lipinski definition) is 2. The zero-order chi connectivity index (χ0) is 8.81. The quantitative estimate of drug-likeness (QED) is 0.432. The molecule has 1 unspecified atom stereocenters. The first-order valence-corrected chi connectivity index (χ1v) is 4.28. The number of allylic oxidation sites excluding steroid dienone is 3. The van der Waals surface area contributed by atoms with E-state index in [1.54, 1.807) is 0 Å². The molecule has 0 N–H and O–H groups in total. The molecule has 0 saturated heterocycles. The predicted octanol–water partition coefficient (Wildman–Crippen LogP) is 1.42. The van der Waals surface area contributed by atoms with Crippen LogP contribution < -0.4 is 0 Å². The summed E-state index contributed by atoms with van der Waals surface area (Å²) in [6, 6.07) is 0. The summed E-state index contributed by atoms with van der Waals surface area (Å²) in [5.74, 6) is -0.200. The molecule has 1 rings (SSSR count). The van der Waals surface area contributed by atoms with E-state index in [1.807, 2.05) is 12.2 Å². The Labute approximate surface area is 73.7 Å². The number of carbonyl (C=O) groups excluding carboxylic acids is 1. The number of hydrogen-bond donors (Lipinski definition) is 0. The van der Waals surface area contributed by atoms with E-state index in [2.05, 4.69) is 12.2 Å². The van der Waals surface area contributed by atoms with Gasteiger partial charge in [-0.1, -0.05) is 18.2 Å². The Bertz CT molecular complexity index is 209. The molecule has 0 aromatic carbocycles. The van der Waals surface area contributed by atoms with Crippen LogP contribution in [0.5, 0.6) is 0 Å². The normalized spacial score (nSPS) is 28.2. The summed E-state index contributed by atoms with van der Waals surface area (Å²) in [7, 11) is 1.45. The molecule has 0 spiro atoms. The van der Waals surface area contributed by atoms with Gasteiger partial charge in [-0.3, -0.25) is 4.79 Å². The van der Waals surface area contributed by atoms with Gasteiger partial charge in [0.2, 0.25) is 13.7 Å². The van der Waals surface area contributed by atoms with Gasteiger partial charge in [-0.15, -0.1) is 0 Å². The van der Waals surface area contributed by atoms with Crippen LogP contribution >= 0.6 is 0 Å². The molecule has 3 heteroatoms. The summed E-state index contributed by atoms with van der Waals surface area (Å²) in [4.78, 5) is 10.6. The first-order valence-electron chi connectivity index (χ1n) is 4.28. The molecular formula is C9H13BO2. The van der Waals surface area contributed by atoms with Gasteiger partial charge in [0, 0.05) is 0 Å². The third-order valence-corrected chi connectivity index (χ3v) is 1.72. The maximum atomic E-state index is 10.6. The minimum absolute atomic E-state index is 0.0209. The van der Waals surface area contributed by atoms with Gasteiger partial charge in [-0.2, -0.15) is 0 Å². The van der Waals surface area contributed by atoms with Crippen molar-refractivity contribution >= 4 is 13.7 Å². The molecule has 12 heavy (non-hydrogen) atoms. The van der Waals surface area contributed by atoms with E-state index < -0.39 is 0 Å². The molecule has 0 aromatic rings. The molecule has 0 aromatic heterocycles. The minimum Gasteiger partial charge on any atom is -0.467 e. The van der Waals surface area contributed by atoms with E-state index in [-0.39, 0.29) is 12.0 Å². The van der Waals surface area contributed by atoms with Crippen LogP contribution in [0.1, 0.15) is 19.3 Å². The zero-order valence-corrected chi connectivity index (χ0v) is 7.32. The fourth-order valence-electron chi connectivity index (χ4n) is 1.19. The molecule has 1 aliphatic carbocycles. The molecule has 0 heterocycles. The highest BCUT2D eigenvalue weighted by Crippen LogP contribution is 2.09.